The Balaban J connectivity index is 1.67. The molecule has 2 aromatic carbocycles. The second-order valence-electron chi connectivity index (χ2n) is 8.28. The van der Waals surface area contributed by atoms with Crippen molar-refractivity contribution < 1.29 is 18.7 Å². The van der Waals surface area contributed by atoms with E-state index in [-0.39, 0.29) is 18.2 Å². The summed E-state index contributed by atoms with van der Waals surface area (Å²) < 4.78 is 27.2. The van der Waals surface area contributed by atoms with Gasteiger partial charge in [0.25, 0.3) is 0 Å². The minimum atomic E-state index is -0.466. The van der Waals surface area contributed by atoms with E-state index in [0.29, 0.717) is 33.7 Å². The molecule has 2 heterocycles. The summed E-state index contributed by atoms with van der Waals surface area (Å²) in [5.74, 6) is 2.11. The number of hydrogen-bond donors (Lipinski definition) is 1. The monoisotopic (exact) mass is 496 g/mol. The fourth-order valence-corrected chi connectivity index (χ4v) is 4.92. The summed E-state index contributed by atoms with van der Waals surface area (Å²) in [6.45, 7) is 5.64. The van der Waals surface area contributed by atoms with Crippen molar-refractivity contribution in [3.05, 3.63) is 70.7 Å². The number of nitrogens with one attached hydrogen (secondary N) is 1. The van der Waals surface area contributed by atoms with Crippen molar-refractivity contribution in [2.75, 3.05) is 18.2 Å². The van der Waals surface area contributed by atoms with Gasteiger partial charge in [-0.25, -0.2) is 9.07 Å². The van der Waals surface area contributed by atoms with E-state index < -0.39 is 6.04 Å². The molecule has 0 aliphatic carbocycles. The maximum atomic E-state index is 14.0. The van der Waals surface area contributed by atoms with Crippen LogP contribution in [0.2, 0.25) is 0 Å². The van der Waals surface area contributed by atoms with Gasteiger partial charge >= 0.3 is 0 Å². The van der Waals surface area contributed by atoms with Gasteiger partial charge in [0.2, 0.25) is 11.1 Å². The van der Waals surface area contributed by atoms with Crippen LogP contribution >= 0.6 is 11.8 Å². The van der Waals surface area contributed by atoms with Crippen molar-refractivity contribution in [3.8, 4) is 11.5 Å². The Labute approximate surface area is 208 Å². The van der Waals surface area contributed by atoms with Crippen LogP contribution in [0.1, 0.15) is 50.8 Å². The molecule has 0 radical (unpaired) electrons. The normalized spacial score (nSPS) is 14.9. The predicted molar refractivity (Wildman–Crippen MR) is 135 cm³/mol. The Morgan fingerprint density at radius 2 is 2.03 bits per heavy atom. The van der Waals surface area contributed by atoms with Crippen molar-refractivity contribution in [3.63, 3.8) is 0 Å². The first-order chi connectivity index (χ1) is 16.9. The average Bonchev–Trinajstić information content (AvgIpc) is 3.24. The molecule has 35 heavy (non-hydrogen) atoms. The molecule has 184 valence electrons. The number of halogens is 1. The Kier molecular flexibility index (Phi) is 7.75. The molecule has 0 saturated carbocycles. The molecular formula is C26H29FN4O3S. The van der Waals surface area contributed by atoms with Crippen LogP contribution in [-0.2, 0) is 11.4 Å². The third-order valence-corrected chi connectivity index (χ3v) is 6.71. The van der Waals surface area contributed by atoms with Gasteiger partial charge in [-0.3, -0.25) is 4.79 Å². The molecule has 4 rings (SSSR count). The molecule has 0 spiro atoms. The van der Waals surface area contributed by atoms with Crippen LogP contribution < -0.4 is 14.8 Å². The maximum absolute atomic E-state index is 14.0. The molecule has 0 fully saturated rings. The van der Waals surface area contributed by atoms with E-state index >= 15 is 0 Å². The average molecular weight is 497 g/mol. The van der Waals surface area contributed by atoms with Crippen LogP contribution in [0.25, 0.3) is 0 Å². The quantitative estimate of drug-likeness (QED) is 0.282. The fraction of sp³-hybridized carbons (Fsp3) is 0.346. The third-order valence-electron chi connectivity index (χ3n) is 5.79. The lowest BCUT2D eigenvalue weighted by molar-refractivity contribution is -0.114. The molecule has 1 N–H and O–H groups in total. The van der Waals surface area contributed by atoms with Gasteiger partial charge in [0.05, 0.1) is 7.11 Å². The van der Waals surface area contributed by atoms with Crippen LogP contribution in [0.3, 0.4) is 0 Å². The zero-order chi connectivity index (χ0) is 24.9. The Morgan fingerprint density at radius 1 is 1.23 bits per heavy atom. The summed E-state index contributed by atoms with van der Waals surface area (Å²) in [5.41, 5.74) is 2.61. The van der Waals surface area contributed by atoms with E-state index in [9.17, 15) is 9.18 Å². The smallest absolute Gasteiger partial charge is 0.227 e. The standard InChI is InChI=1S/C26H29FN4O3S/c1-5-6-13-35-26-29-25-28-16(2)23(17(3)32)24(31(25)30-26)18-11-12-21(22(14-18)33-4)34-15-19-9-7-8-10-20(19)27/h7-12,14,24H,5-6,13,15H2,1-4H3,(H,28,29,30). The van der Waals surface area contributed by atoms with Gasteiger partial charge in [-0.1, -0.05) is 49.4 Å². The zero-order valence-corrected chi connectivity index (χ0v) is 21.1. The molecule has 0 saturated heterocycles. The molecule has 1 unspecified atom stereocenters. The number of methoxy groups -OCH3 is 1. The van der Waals surface area contributed by atoms with Gasteiger partial charge in [-0.05, 0) is 44.0 Å². The number of hydrogen-bond acceptors (Lipinski definition) is 7. The maximum Gasteiger partial charge on any atom is 0.227 e. The van der Waals surface area contributed by atoms with Gasteiger partial charge in [0.1, 0.15) is 18.5 Å². The first-order valence-electron chi connectivity index (χ1n) is 11.5. The summed E-state index contributed by atoms with van der Waals surface area (Å²) in [6, 6.07) is 11.5. The number of unbranched alkanes of at least 4 members (excludes halogenated alkanes) is 1. The Hall–Kier alpha value is -3.33. The predicted octanol–water partition coefficient (Wildman–Crippen LogP) is 5.77. The number of ketones is 1. The number of Topliss-reactive ketones (excluding diaryl/α,β-unsaturated/α-hetero) is 1. The highest BCUT2D eigenvalue weighted by atomic mass is 32.2. The van der Waals surface area contributed by atoms with Crippen LogP contribution in [0.5, 0.6) is 11.5 Å². The molecule has 1 atom stereocenters. The van der Waals surface area contributed by atoms with E-state index in [1.807, 2.05) is 19.1 Å². The lowest BCUT2D eigenvalue weighted by atomic mass is 9.93. The lowest BCUT2D eigenvalue weighted by Crippen LogP contribution is -2.27. The van der Waals surface area contributed by atoms with Crippen molar-refractivity contribution in [2.45, 2.75) is 51.4 Å². The number of ether oxygens (including phenoxy) is 2. The molecule has 7 nitrogen and oxygen atoms in total. The number of allylic oxidation sites excluding steroid dienone is 2. The first kappa shape index (κ1) is 24.8. The number of aromatic nitrogens is 3. The van der Waals surface area contributed by atoms with Crippen LogP contribution in [-0.4, -0.2) is 33.4 Å². The molecule has 1 aromatic heterocycles. The lowest BCUT2D eigenvalue weighted by Gasteiger charge is -2.28. The highest BCUT2D eigenvalue weighted by Gasteiger charge is 2.33. The van der Waals surface area contributed by atoms with E-state index in [1.165, 1.54) is 6.07 Å². The third kappa shape index (κ3) is 5.35. The number of anilines is 1. The number of fused-ring (bicyclic) bond motifs is 1. The van der Waals surface area contributed by atoms with Gasteiger partial charge < -0.3 is 14.8 Å². The first-order valence-corrected chi connectivity index (χ1v) is 12.5. The number of rotatable bonds is 10. The van der Waals surface area contributed by atoms with E-state index in [1.54, 1.807) is 54.7 Å². The van der Waals surface area contributed by atoms with Crippen molar-refractivity contribution in [1.82, 2.24) is 14.8 Å². The molecule has 1 aliphatic rings. The Morgan fingerprint density at radius 3 is 2.74 bits per heavy atom. The molecule has 1 aliphatic heterocycles. The van der Waals surface area contributed by atoms with Crippen LogP contribution in [0.15, 0.2) is 58.9 Å². The number of carbonyl (C=O) groups is 1. The van der Waals surface area contributed by atoms with Gasteiger partial charge in [0, 0.05) is 22.6 Å². The summed E-state index contributed by atoms with van der Waals surface area (Å²) in [7, 11) is 1.55. The van der Waals surface area contributed by atoms with Crippen molar-refractivity contribution >= 4 is 23.5 Å². The summed E-state index contributed by atoms with van der Waals surface area (Å²) >= 11 is 1.60. The molecular weight excluding hydrogens is 467 g/mol. The molecule has 9 heteroatoms. The summed E-state index contributed by atoms with van der Waals surface area (Å²) in [5, 5.41) is 8.61. The second kappa shape index (κ2) is 10.9. The number of nitrogens with zero attached hydrogens (tertiary/aromatic N) is 3. The largest absolute Gasteiger partial charge is 0.493 e. The SMILES string of the molecule is CCCCSc1nc2n(n1)C(c1ccc(OCc3ccccc3F)c(OC)c1)C(C(C)=O)=C(C)N2. The van der Waals surface area contributed by atoms with E-state index in [2.05, 4.69) is 17.2 Å². The summed E-state index contributed by atoms with van der Waals surface area (Å²) in [6.07, 6.45) is 2.18. The van der Waals surface area contributed by atoms with Gasteiger partial charge in [-0.2, -0.15) is 4.98 Å². The Bertz CT molecular complexity index is 1260. The van der Waals surface area contributed by atoms with Gasteiger partial charge in [-0.15, -0.1) is 5.10 Å². The van der Waals surface area contributed by atoms with Crippen molar-refractivity contribution in [1.29, 1.82) is 0 Å². The van der Waals surface area contributed by atoms with Crippen LogP contribution in [0.4, 0.5) is 10.3 Å². The minimum Gasteiger partial charge on any atom is -0.493 e. The van der Waals surface area contributed by atoms with Crippen molar-refractivity contribution in [2.24, 2.45) is 0 Å². The van der Waals surface area contributed by atoms with Gasteiger partial charge in [0.15, 0.2) is 17.3 Å². The fourth-order valence-electron chi connectivity index (χ4n) is 4.01. The minimum absolute atomic E-state index is 0.0554. The van der Waals surface area contributed by atoms with E-state index in [0.717, 1.165) is 29.9 Å². The molecule has 0 bridgehead atoms. The molecule has 0 amide bonds. The van der Waals surface area contributed by atoms with E-state index in [4.69, 9.17) is 14.6 Å². The summed E-state index contributed by atoms with van der Waals surface area (Å²) in [4.78, 5) is 17.3. The highest BCUT2D eigenvalue weighted by Crippen LogP contribution is 2.39. The zero-order valence-electron chi connectivity index (χ0n) is 20.3. The topological polar surface area (TPSA) is 78.3 Å². The number of benzene rings is 2. The highest BCUT2D eigenvalue weighted by molar-refractivity contribution is 7.99. The molecule has 3 aromatic rings. The second-order valence-corrected chi connectivity index (χ2v) is 9.34. The number of thioether (sulfide) groups is 1. The number of carbonyl (C=O) groups excluding carboxylic acids is 1. The van der Waals surface area contributed by atoms with Crippen LogP contribution in [0, 0.1) is 5.82 Å².